The van der Waals surface area contributed by atoms with E-state index in [4.69, 9.17) is 4.74 Å². The average Bonchev–Trinajstić information content (AvgIpc) is 3.27. The van der Waals surface area contributed by atoms with Gasteiger partial charge in [-0.3, -0.25) is 10.1 Å². The molecule has 0 spiro atoms. The standard InChI is InChI=1S/C18H16N6O4/c1-19-18(27)21-16(25)15(12-7-3-2-4-8-12)28-17(26)13-9-5-6-10-14(13)24-11-20-22-23-24/h2-11,15H,1H3,(H2,19,21,25,27)/t15-/m0/s1. The third kappa shape index (κ3) is 4.18. The zero-order valence-electron chi connectivity index (χ0n) is 14.8. The molecule has 0 aliphatic heterocycles. The predicted octanol–water partition coefficient (Wildman–Crippen LogP) is 1.02. The summed E-state index contributed by atoms with van der Waals surface area (Å²) in [4.78, 5) is 36.8. The highest BCUT2D eigenvalue weighted by Gasteiger charge is 2.28. The molecule has 10 heteroatoms. The smallest absolute Gasteiger partial charge is 0.341 e. The Bertz CT molecular complexity index is 975. The first-order valence-corrected chi connectivity index (χ1v) is 8.21. The molecule has 28 heavy (non-hydrogen) atoms. The van der Waals surface area contributed by atoms with Crippen LogP contribution in [-0.2, 0) is 9.53 Å². The van der Waals surface area contributed by atoms with E-state index in [9.17, 15) is 14.4 Å². The predicted molar refractivity (Wildman–Crippen MR) is 96.4 cm³/mol. The Hall–Kier alpha value is -4.08. The van der Waals surface area contributed by atoms with Crippen molar-refractivity contribution in [1.29, 1.82) is 0 Å². The van der Waals surface area contributed by atoms with Gasteiger partial charge >= 0.3 is 12.0 Å². The van der Waals surface area contributed by atoms with Crippen LogP contribution >= 0.6 is 0 Å². The van der Waals surface area contributed by atoms with Gasteiger partial charge in [0.2, 0.25) is 6.10 Å². The number of carbonyl (C=O) groups is 3. The number of esters is 1. The number of para-hydroxylation sites is 1. The highest BCUT2D eigenvalue weighted by Crippen LogP contribution is 2.22. The van der Waals surface area contributed by atoms with Gasteiger partial charge in [-0.1, -0.05) is 42.5 Å². The Kier molecular flexibility index (Phi) is 5.70. The molecule has 0 bridgehead atoms. The maximum atomic E-state index is 12.8. The SMILES string of the molecule is CNC(=O)NC(=O)[C@@H](OC(=O)c1ccccc1-n1cnnn1)c1ccccc1. The summed E-state index contributed by atoms with van der Waals surface area (Å²) in [5.41, 5.74) is 0.955. The number of aromatic nitrogens is 4. The fourth-order valence-corrected chi connectivity index (χ4v) is 2.43. The minimum Gasteiger partial charge on any atom is -0.444 e. The minimum absolute atomic E-state index is 0.156. The first kappa shape index (κ1) is 18.7. The quantitative estimate of drug-likeness (QED) is 0.632. The molecule has 2 N–H and O–H groups in total. The topological polar surface area (TPSA) is 128 Å². The van der Waals surface area contributed by atoms with E-state index >= 15 is 0 Å². The normalized spacial score (nSPS) is 11.3. The van der Waals surface area contributed by atoms with Crippen LogP contribution in [0.25, 0.3) is 5.69 Å². The third-order valence-corrected chi connectivity index (χ3v) is 3.75. The number of urea groups is 1. The van der Waals surface area contributed by atoms with Crippen molar-refractivity contribution in [3.63, 3.8) is 0 Å². The zero-order valence-corrected chi connectivity index (χ0v) is 14.8. The lowest BCUT2D eigenvalue weighted by molar-refractivity contribution is -0.129. The molecule has 0 saturated carbocycles. The summed E-state index contributed by atoms with van der Waals surface area (Å²) in [7, 11) is 1.37. The van der Waals surface area contributed by atoms with E-state index in [0.717, 1.165) is 0 Å². The van der Waals surface area contributed by atoms with Crippen molar-refractivity contribution in [1.82, 2.24) is 30.8 Å². The van der Waals surface area contributed by atoms with E-state index in [-0.39, 0.29) is 5.56 Å². The van der Waals surface area contributed by atoms with Gasteiger partial charge in [0.1, 0.15) is 6.33 Å². The average molecular weight is 380 g/mol. The van der Waals surface area contributed by atoms with Crippen LogP contribution < -0.4 is 10.6 Å². The molecular weight excluding hydrogens is 364 g/mol. The van der Waals surface area contributed by atoms with Crippen LogP contribution in [0.3, 0.4) is 0 Å². The minimum atomic E-state index is -1.33. The summed E-state index contributed by atoms with van der Waals surface area (Å²) >= 11 is 0. The molecule has 0 aliphatic carbocycles. The maximum Gasteiger partial charge on any atom is 0.341 e. The summed E-state index contributed by atoms with van der Waals surface area (Å²) in [5, 5.41) is 15.3. The van der Waals surface area contributed by atoms with Gasteiger partial charge in [0.15, 0.2) is 0 Å². The Morgan fingerprint density at radius 1 is 1.04 bits per heavy atom. The van der Waals surface area contributed by atoms with Crippen LogP contribution in [0.2, 0.25) is 0 Å². The van der Waals surface area contributed by atoms with Crippen LogP contribution in [0, 0.1) is 0 Å². The van der Waals surface area contributed by atoms with Crippen LogP contribution in [-0.4, -0.2) is 45.2 Å². The van der Waals surface area contributed by atoms with Gasteiger partial charge in [-0.15, -0.1) is 5.10 Å². The summed E-state index contributed by atoms with van der Waals surface area (Å²) in [5.74, 6) is -1.55. The van der Waals surface area contributed by atoms with E-state index in [1.54, 1.807) is 48.5 Å². The van der Waals surface area contributed by atoms with Gasteiger partial charge < -0.3 is 10.1 Å². The molecule has 3 aromatic rings. The van der Waals surface area contributed by atoms with Crippen molar-refractivity contribution in [3.8, 4) is 5.69 Å². The van der Waals surface area contributed by atoms with Crippen molar-refractivity contribution >= 4 is 17.9 Å². The number of hydrogen-bond acceptors (Lipinski definition) is 7. The maximum absolute atomic E-state index is 12.8. The second-order valence-corrected chi connectivity index (χ2v) is 5.54. The molecular formula is C18H16N6O4. The first-order valence-electron chi connectivity index (χ1n) is 8.21. The van der Waals surface area contributed by atoms with Gasteiger partial charge in [0.05, 0.1) is 11.3 Å². The number of amides is 3. The Balaban J connectivity index is 1.90. The summed E-state index contributed by atoms with van der Waals surface area (Å²) in [6.07, 6.45) is 0.00643. The van der Waals surface area contributed by atoms with Crippen molar-refractivity contribution in [3.05, 3.63) is 72.1 Å². The molecule has 3 rings (SSSR count). The molecule has 1 aromatic heterocycles. The molecule has 3 amide bonds. The summed E-state index contributed by atoms with van der Waals surface area (Å²) in [6, 6.07) is 14.2. The molecule has 0 saturated heterocycles. The Morgan fingerprint density at radius 3 is 2.43 bits per heavy atom. The lowest BCUT2D eigenvalue weighted by Gasteiger charge is -2.18. The Labute approximate surface area is 159 Å². The number of imide groups is 1. The van der Waals surface area contributed by atoms with Crippen molar-refractivity contribution in [2.45, 2.75) is 6.10 Å². The highest BCUT2D eigenvalue weighted by molar-refractivity contribution is 6.00. The first-order chi connectivity index (χ1) is 13.6. The van der Waals surface area contributed by atoms with E-state index in [1.807, 2.05) is 0 Å². The van der Waals surface area contributed by atoms with Crippen LogP contribution in [0.5, 0.6) is 0 Å². The van der Waals surface area contributed by atoms with Gasteiger partial charge in [-0.2, -0.15) is 4.68 Å². The largest absolute Gasteiger partial charge is 0.444 e. The van der Waals surface area contributed by atoms with E-state index in [2.05, 4.69) is 26.2 Å². The Morgan fingerprint density at radius 2 is 1.75 bits per heavy atom. The molecule has 10 nitrogen and oxygen atoms in total. The van der Waals surface area contributed by atoms with Crippen LogP contribution in [0.4, 0.5) is 4.79 Å². The monoisotopic (exact) mass is 380 g/mol. The number of ether oxygens (including phenoxy) is 1. The molecule has 1 heterocycles. The number of carbonyl (C=O) groups excluding carboxylic acids is 3. The van der Waals surface area contributed by atoms with Crippen molar-refractivity contribution in [2.24, 2.45) is 0 Å². The zero-order chi connectivity index (χ0) is 19.9. The summed E-state index contributed by atoms with van der Waals surface area (Å²) < 4.78 is 6.76. The van der Waals surface area contributed by atoms with Crippen molar-refractivity contribution < 1.29 is 19.1 Å². The number of rotatable bonds is 5. The van der Waals surface area contributed by atoms with E-state index in [1.165, 1.54) is 24.1 Å². The van der Waals surface area contributed by atoms with Crippen LogP contribution in [0.1, 0.15) is 22.0 Å². The highest BCUT2D eigenvalue weighted by atomic mass is 16.5. The summed E-state index contributed by atoms with van der Waals surface area (Å²) in [6.45, 7) is 0. The molecule has 0 unspecified atom stereocenters. The number of nitrogens with one attached hydrogen (secondary N) is 2. The molecule has 0 radical (unpaired) electrons. The number of nitrogens with zero attached hydrogens (tertiary/aromatic N) is 4. The van der Waals surface area contributed by atoms with Crippen LogP contribution in [0.15, 0.2) is 60.9 Å². The second kappa shape index (κ2) is 8.54. The molecule has 0 fully saturated rings. The number of hydrogen-bond donors (Lipinski definition) is 2. The van der Waals surface area contributed by atoms with E-state index < -0.39 is 24.0 Å². The van der Waals surface area contributed by atoms with Crippen molar-refractivity contribution in [2.75, 3.05) is 7.05 Å². The van der Waals surface area contributed by atoms with E-state index in [0.29, 0.717) is 11.3 Å². The number of benzene rings is 2. The van der Waals surface area contributed by atoms with Gasteiger partial charge in [0.25, 0.3) is 5.91 Å². The van der Waals surface area contributed by atoms with Gasteiger partial charge in [0, 0.05) is 12.6 Å². The van der Waals surface area contributed by atoms with Gasteiger partial charge in [-0.05, 0) is 22.6 Å². The second-order valence-electron chi connectivity index (χ2n) is 5.54. The fourth-order valence-electron chi connectivity index (χ4n) is 2.43. The molecule has 2 aromatic carbocycles. The fraction of sp³-hybridized carbons (Fsp3) is 0.111. The number of tetrazole rings is 1. The lowest BCUT2D eigenvalue weighted by atomic mass is 10.1. The molecule has 1 atom stereocenters. The third-order valence-electron chi connectivity index (χ3n) is 3.75. The molecule has 0 aliphatic rings. The lowest BCUT2D eigenvalue weighted by Crippen LogP contribution is -2.41. The van der Waals surface area contributed by atoms with Gasteiger partial charge in [-0.25, -0.2) is 9.59 Å². The molecule has 142 valence electrons.